The van der Waals surface area contributed by atoms with Crippen LogP contribution in [0.25, 0.3) is 0 Å². The monoisotopic (exact) mass is 411 g/mol. The summed E-state index contributed by atoms with van der Waals surface area (Å²) in [6.07, 6.45) is 3.98. The largest absolute Gasteiger partial charge is 0.337 e. The van der Waals surface area contributed by atoms with Crippen LogP contribution in [0.5, 0.6) is 0 Å². The van der Waals surface area contributed by atoms with Crippen LogP contribution in [0.2, 0.25) is 0 Å². The summed E-state index contributed by atoms with van der Waals surface area (Å²) in [5.74, 6) is 0. The smallest absolute Gasteiger partial charge is 0.315 e. The number of hydrogen-bond acceptors (Lipinski definition) is 2. The Hall–Kier alpha value is -2.33. The summed E-state index contributed by atoms with van der Waals surface area (Å²) in [5.41, 5.74) is 3.99. The molecule has 1 aliphatic rings. The van der Waals surface area contributed by atoms with E-state index in [4.69, 9.17) is 0 Å². The summed E-state index contributed by atoms with van der Waals surface area (Å²) in [7, 11) is 0. The molecule has 30 heavy (non-hydrogen) atoms. The van der Waals surface area contributed by atoms with E-state index in [1.165, 1.54) is 23.1 Å². The van der Waals surface area contributed by atoms with E-state index >= 15 is 0 Å². The molecule has 4 nitrogen and oxygen atoms in total. The van der Waals surface area contributed by atoms with Crippen molar-refractivity contribution in [3.8, 4) is 0 Å². The summed E-state index contributed by atoms with van der Waals surface area (Å²) in [6, 6.07) is 19.1. The first-order valence-electron chi connectivity index (χ1n) is 11.5. The summed E-state index contributed by atoms with van der Waals surface area (Å²) < 4.78 is 0. The van der Waals surface area contributed by atoms with E-state index in [1.54, 1.807) is 0 Å². The van der Waals surface area contributed by atoms with Crippen molar-refractivity contribution in [1.82, 2.24) is 16.0 Å². The van der Waals surface area contributed by atoms with Gasteiger partial charge in [0.1, 0.15) is 0 Å². The lowest BCUT2D eigenvalue weighted by Crippen LogP contribution is -2.49. The number of fused-ring (bicyclic) bond motifs is 1. The molecule has 0 saturated heterocycles. The molecule has 1 heterocycles. The van der Waals surface area contributed by atoms with Gasteiger partial charge in [0.25, 0.3) is 0 Å². The van der Waals surface area contributed by atoms with Gasteiger partial charge in [0.15, 0.2) is 0 Å². The molecule has 2 aromatic carbocycles. The quantitative estimate of drug-likeness (QED) is 0.591. The van der Waals surface area contributed by atoms with Crippen molar-refractivity contribution >= 4 is 6.03 Å². The van der Waals surface area contributed by atoms with Gasteiger partial charge in [-0.05, 0) is 36.0 Å². The fourth-order valence-corrected chi connectivity index (χ4v) is 3.31. The minimum Gasteiger partial charge on any atom is -0.337 e. The van der Waals surface area contributed by atoms with Gasteiger partial charge in [0, 0.05) is 25.2 Å². The number of benzene rings is 2. The average Bonchev–Trinajstić information content (AvgIpc) is 2.79. The van der Waals surface area contributed by atoms with Gasteiger partial charge >= 0.3 is 6.03 Å². The van der Waals surface area contributed by atoms with Gasteiger partial charge in [-0.25, -0.2) is 4.79 Å². The number of hydrogen-bond donors (Lipinski definition) is 3. The van der Waals surface area contributed by atoms with Crippen LogP contribution in [-0.2, 0) is 19.4 Å². The van der Waals surface area contributed by atoms with E-state index in [-0.39, 0.29) is 18.1 Å². The number of urea groups is 1. The zero-order valence-corrected chi connectivity index (χ0v) is 19.5. The first-order chi connectivity index (χ1) is 14.7. The Balaban J connectivity index is 0.000000826. The number of amides is 2. The molecule has 4 heteroatoms. The molecule has 0 fully saturated rings. The van der Waals surface area contributed by atoms with Crippen LogP contribution in [-0.4, -0.2) is 24.7 Å². The van der Waals surface area contributed by atoms with E-state index in [0.29, 0.717) is 6.54 Å². The van der Waals surface area contributed by atoms with E-state index < -0.39 is 0 Å². The van der Waals surface area contributed by atoms with E-state index in [2.05, 4.69) is 73.1 Å². The topological polar surface area (TPSA) is 53.2 Å². The predicted octanol–water partition coefficient (Wildman–Crippen LogP) is 5.46. The summed E-state index contributed by atoms with van der Waals surface area (Å²) in [6.45, 7) is 11.9. The van der Waals surface area contributed by atoms with Gasteiger partial charge in [0.2, 0.25) is 0 Å². The summed E-state index contributed by atoms with van der Waals surface area (Å²) in [5, 5.41) is 9.61. The Bertz CT molecular complexity index is 702. The number of rotatable bonds is 6. The van der Waals surface area contributed by atoms with E-state index in [1.807, 2.05) is 32.0 Å². The molecule has 2 unspecified atom stereocenters. The van der Waals surface area contributed by atoms with Crippen molar-refractivity contribution in [2.24, 2.45) is 0 Å². The highest BCUT2D eigenvalue weighted by Crippen LogP contribution is 2.15. The molecule has 2 amide bonds. The molecule has 166 valence electrons. The molecule has 2 aromatic rings. The maximum Gasteiger partial charge on any atom is 0.315 e. The molecular formula is C26H41N3O. The Kier molecular flexibility index (Phi) is 13.3. The summed E-state index contributed by atoms with van der Waals surface area (Å²) in [4.78, 5) is 12.2. The second-order valence-corrected chi connectivity index (χ2v) is 7.41. The molecule has 0 aliphatic carbocycles. The van der Waals surface area contributed by atoms with Crippen LogP contribution >= 0.6 is 0 Å². The zero-order valence-electron chi connectivity index (χ0n) is 19.5. The van der Waals surface area contributed by atoms with Gasteiger partial charge in [-0.1, -0.05) is 95.6 Å². The van der Waals surface area contributed by atoms with Gasteiger partial charge < -0.3 is 16.0 Å². The third-order valence-electron chi connectivity index (χ3n) is 4.83. The molecule has 0 radical (unpaired) electrons. The second kappa shape index (κ2) is 15.5. The van der Waals surface area contributed by atoms with Crippen molar-refractivity contribution < 1.29 is 4.79 Å². The number of nitrogens with one attached hydrogen (secondary N) is 3. The van der Waals surface area contributed by atoms with Crippen LogP contribution < -0.4 is 16.0 Å². The van der Waals surface area contributed by atoms with Crippen molar-refractivity contribution in [1.29, 1.82) is 0 Å². The van der Waals surface area contributed by atoms with E-state index in [9.17, 15) is 4.79 Å². The van der Waals surface area contributed by atoms with Crippen LogP contribution in [0.15, 0.2) is 54.6 Å². The number of carbonyl (C=O) groups is 1. The van der Waals surface area contributed by atoms with Gasteiger partial charge in [-0.2, -0.15) is 0 Å². The summed E-state index contributed by atoms with van der Waals surface area (Å²) >= 11 is 0. The van der Waals surface area contributed by atoms with Crippen molar-refractivity contribution in [3.05, 3.63) is 71.3 Å². The molecular weight excluding hydrogens is 370 g/mol. The van der Waals surface area contributed by atoms with Crippen molar-refractivity contribution in [2.45, 2.75) is 78.9 Å². The zero-order chi connectivity index (χ0) is 22.2. The fourth-order valence-electron chi connectivity index (χ4n) is 3.31. The predicted molar refractivity (Wildman–Crippen MR) is 129 cm³/mol. The Labute approximate surface area is 183 Å². The standard InChI is InChI=1S/C21H27N3O.C3H8.C2H6/c1-2-19(12-16-8-4-3-5-9-16)24-21(25)23-15-20-13-17-10-6-7-11-18(17)14-22-20;1-3-2;1-2/h3-11,19-20,22H,2,12-15H2,1H3,(H2,23,24,25);3H2,1-2H3;1-2H3. The van der Waals surface area contributed by atoms with Gasteiger partial charge in [-0.3, -0.25) is 0 Å². The highest BCUT2D eigenvalue weighted by Gasteiger charge is 2.18. The molecule has 1 aliphatic heterocycles. The lowest BCUT2D eigenvalue weighted by Gasteiger charge is -2.26. The molecule has 0 saturated carbocycles. The molecule has 0 aromatic heterocycles. The van der Waals surface area contributed by atoms with Crippen LogP contribution in [0.3, 0.4) is 0 Å². The highest BCUT2D eigenvalue weighted by atomic mass is 16.2. The van der Waals surface area contributed by atoms with Crippen LogP contribution in [0, 0.1) is 0 Å². The normalized spacial score (nSPS) is 15.3. The third-order valence-corrected chi connectivity index (χ3v) is 4.83. The molecule has 0 spiro atoms. The van der Waals surface area contributed by atoms with Gasteiger partial charge in [0.05, 0.1) is 0 Å². The maximum absolute atomic E-state index is 12.2. The maximum atomic E-state index is 12.2. The lowest BCUT2D eigenvalue weighted by molar-refractivity contribution is 0.234. The van der Waals surface area contributed by atoms with Gasteiger partial charge in [-0.15, -0.1) is 0 Å². The third kappa shape index (κ3) is 9.45. The second-order valence-electron chi connectivity index (χ2n) is 7.41. The minimum absolute atomic E-state index is 0.0801. The molecule has 2 atom stereocenters. The first-order valence-corrected chi connectivity index (χ1v) is 11.5. The SMILES string of the molecule is CC.CCC.CCC(Cc1ccccc1)NC(=O)NCC1Cc2ccccc2CN1. The Morgan fingerprint density at radius 3 is 2.23 bits per heavy atom. The van der Waals surface area contributed by atoms with Crippen molar-refractivity contribution in [2.75, 3.05) is 6.54 Å². The number of carbonyl (C=O) groups excluding carboxylic acids is 1. The Morgan fingerprint density at radius 1 is 1.00 bits per heavy atom. The molecule has 0 bridgehead atoms. The lowest BCUT2D eigenvalue weighted by atomic mass is 9.96. The minimum atomic E-state index is -0.0801. The Morgan fingerprint density at radius 2 is 1.60 bits per heavy atom. The van der Waals surface area contributed by atoms with Crippen molar-refractivity contribution in [3.63, 3.8) is 0 Å². The van der Waals surface area contributed by atoms with Crippen LogP contribution in [0.1, 0.15) is 64.2 Å². The average molecular weight is 412 g/mol. The van der Waals surface area contributed by atoms with E-state index in [0.717, 1.165) is 25.8 Å². The molecule has 3 rings (SSSR count). The fraction of sp³-hybridized carbons (Fsp3) is 0.500. The molecule has 3 N–H and O–H groups in total. The van der Waals surface area contributed by atoms with Crippen LogP contribution in [0.4, 0.5) is 4.79 Å². The first kappa shape index (κ1) is 25.7. The highest BCUT2D eigenvalue weighted by molar-refractivity contribution is 5.74.